The normalized spacial score (nSPS) is 28.4. The fourth-order valence-corrected chi connectivity index (χ4v) is 5.75. The lowest BCUT2D eigenvalue weighted by Crippen LogP contribution is -2.49. The second-order valence-electron chi connectivity index (χ2n) is 5.89. The van der Waals surface area contributed by atoms with Crippen LogP contribution in [-0.2, 0) is 14.6 Å². The lowest BCUT2D eigenvalue weighted by atomic mass is 10.1. The maximum Gasteiger partial charge on any atom is 0.244 e. The SMILES string of the molecule is O=C(/C=C/c1ccsc1)NC1CS(=O)(=O)CC1N1CCCC1. The number of likely N-dealkylation sites (tertiary alicyclic amines) is 1. The van der Waals surface area contributed by atoms with Gasteiger partial charge in [0.1, 0.15) is 0 Å². The van der Waals surface area contributed by atoms with Crippen LogP contribution >= 0.6 is 11.3 Å². The van der Waals surface area contributed by atoms with Crippen LogP contribution in [0.4, 0.5) is 0 Å². The van der Waals surface area contributed by atoms with Gasteiger partial charge in [0, 0.05) is 12.1 Å². The second-order valence-corrected chi connectivity index (χ2v) is 8.83. The predicted octanol–water partition coefficient (Wildman–Crippen LogP) is 1.14. The Kier molecular flexibility index (Phi) is 4.65. The number of nitrogens with one attached hydrogen (secondary N) is 1. The van der Waals surface area contributed by atoms with Gasteiger partial charge < -0.3 is 5.32 Å². The maximum atomic E-state index is 12.1. The number of nitrogens with zero attached hydrogens (tertiary/aromatic N) is 1. The summed E-state index contributed by atoms with van der Waals surface area (Å²) in [5.41, 5.74) is 0.982. The van der Waals surface area contributed by atoms with Crippen LogP contribution < -0.4 is 5.32 Å². The zero-order valence-corrected chi connectivity index (χ0v) is 13.9. The summed E-state index contributed by atoms with van der Waals surface area (Å²) in [5.74, 6) is -0.0178. The molecule has 3 rings (SSSR count). The van der Waals surface area contributed by atoms with Gasteiger partial charge in [-0.25, -0.2) is 8.42 Å². The van der Waals surface area contributed by atoms with Crippen molar-refractivity contribution in [3.05, 3.63) is 28.5 Å². The molecule has 0 spiro atoms. The fraction of sp³-hybridized carbons (Fsp3) is 0.533. The molecule has 2 aliphatic heterocycles. The van der Waals surface area contributed by atoms with E-state index in [4.69, 9.17) is 0 Å². The Balaban J connectivity index is 1.65. The molecule has 2 fully saturated rings. The fourth-order valence-electron chi connectivity index (χ4n) is 3.17. The summed E-state index contributed by atoms with van der Waals surface area (Å²) >= 11 is 1.57. The summed E-state index contributed by atoms with van der Waals surface area (Å²) in [6, 6.07) is 1.55. The van der Waals surface area contributed by atoms with Crippen LogP contribution in [-0.4, -0.2) is 55.9 Å². The minimum atomic E-state index is -3.06. The lowest BCUT2D eigenvalue weighted by Gasteiger charge is -2.28. The minimum absolute atomic E-state index is 0.0478. The third kappa shape index (κ3) is 3.77. The van der Waals surface area contributed by atoms with Crippen LogP contribution in [0.1, 0.15) is 18.4 Å². The highest BCUT2D eigenvalue weighted by Crippen LogP contribution is 2.22. The number of thiophene rings is 1. The Morgan fingerprint density at radius 2 is 2.09 bits per heavy atom. The van der Waals surface area contributed by atoms with Crippen LogP contribution in [0.3, 0.4) is 0 Å². The van der Waals surface area contributed by atoms with E-state index in [1.54, 1.807) is 17.4 Å². The number of hydrogen-bond donors (Lipinski definition) is 1. The third-order valence-electron chi connectivity index (χ3n) is 4.23. The molecule has 0 saturated carbocycles. The molecule has 1 N–H and O–H groups in total. The van der Waals surface area contributed by atoms with Gasteiger partial charge in [-0.15, -0.1) is 0 Å². The summed E-state index contributed by atoms with van der Waals surface area (Å²) in [4.78, 5) is 14.3. The quantitative estimate of drug-likeness (QED) is 0.835. The van der Waals surface area contributed by atoms with Crippen molar-refractivity contribution in [1.82, 2.24) is 10.2 Å². The molecule has 22 heavy (non-hydrogen) atoms. The highest BCUT2D eigenvalue weighted by Gasteiger charge is 2.42. The average molecular weight is 340 g/mol. The highest BCUT2D eigenvalue weighted by atomic mass is 32.2. The van der Waals surface area contributed by atoms with Crippen molar-refractivity contribution in [3.63, 3.8) is 0 Å². The molecule has 120 valence electrons. The second kappa shape index (κ2) is 6.52. The summed E-state index contributed by atoms with van der Waals surface area (Å²) in [6.45, 7) is 1.86. The molecule has 1 aromatic rings. The summed E-state index contributed by atoms with van der Waals surface area (Å²) in [7, 11) is -3.06. The van der Waals surface area contributed by atoms with Crippen LogP contribution in [0.15, 0.2) is 22.9 Å². The summed E-state index contributed by atoms with van der Waals surface area (Å²) < 4.78 is 23.9. The first-order valence-electron chi connectivity index (χ1n) is 7.49. The Hall–Kier alpha value is -1.18. The molecule has 0 radical (unpaired) electrons. The van der Waals surface area contributed by atoms with Gasteiger partial charge in [0.2, 0.25) is 5.91 Å². The standard InChI is InChI=1S/C15H20N2O3S2/c18-15(4-3-12-5-8-21-9-12)16-13-10-22(19,20)11-14(13)17-6-1-2-7-17/h3-5,8-9,13-14H,1-2,6-7,10-11H2,(H,16,18)/b4-3+. The zero-order valence-electron chi connectivity index (χ0n) is 12.3. The number of amides is 1. The van der Waals surface area contributed by atoms with Gasteiger partial charge in [-0.2, -0.15) is 11.3 Å². The first kappa shape index (κ1) is 15.7. The third-order valence-corrected chi connectivity index (χ3v) is 6.65. The Morgan fingerprint density at radius 1 is 1.32 bits per heavy atom. The van der Waals surface area contributed by atoms with Gasteiger partial charge in [-0.05, 0) is 54.4 Å². The van der Waals surface area contributed by atoms with Gasteiger partial charge in [0.25, 0.3) is 0 Å². The molecule has 0 aliphatic carbocycles. The molecule has 5 nitrogen and oxygen atoms in total. The molecule has 2 unspecified atom stereocenters. The van der Waals surface area contributed by atoms with Gasteiger partial charge in [0.05, 0.1) is 17.5 Å². The van der Waals surface area contributed by atoms with Crippen LogP contribution in [0, 0.1) is 0 Å². The van der Waals surface area contributed by atoms with Gasteiger partial charge in [-0.3, -0.25) is 9.69 Å². The van der Waals surface area contributed by atoms with E-state index >= 15 is 0 Å². The van der Waals surface area contributed by atoms with Gasteiger partial charge in [0.15, 0.2) is 9.84 Å². The number of hydrogen-bond acceptors (Lipinski definition) is 5. The van der Waals surface area contributed by atoms with Crippen molar-refractivity contribution in [2.75, 3.05) is 24.6 Å². The molecule has 2 aliphatic rings. The van der Waals surface area contributed by atoms with E-state index in [1.807, 2.05) is 16.8 Å². The number of carbonyl (C=O) groups is 1. The van der Waals surface area contributed by atoms with Gasteiger partial charge >= 0.3 is 0 Å². The highest BCUT2D eigenvalue weighted by molar-refractivity contribution is 7.91. The van der Waals surface area contributed by atoms with E-state index in [0.29, 0.717) is 0 Å². The van der Waals surface area contributed by atoms with Crippen molar-refractivity contribution in [3.8, 4) is 0 Å². The van der Waals surface area contributed by atoms with Crippen LogP contribution in [0.2, 0.25) is 0 Å². The Labute approximate surface area is 134 Å². The average Bonchev–Trinajstić information content (AvgIpc) is 3.17. The van der Waals surface area contributed by atoms with E-state index in [0.717, 1.165) is 31.5 Å². The molecule has 2 atom stereocenters. The molecule has 1 amide bonds. The molecular formula is C15H20N2O3S2. The Bertz CT molecular complexity index is 646. The van der Waals surface area contributed by atoms with E-state index in [9.17, 15) is 13.2 Å². The molecule has 7 heteroatoms. The van der Waals surface area contributed by atoms with Crippen LogP contribution in [0.25, 0.3) is 6.08 Å². The van der Waals surface area contributed by atoms with E-state index in [-0.39, 0.29) is 29.5 Å². The molecule has 0 aromatic carbocycles. The lowest BCUT2D eigenvalue weighted by molar-refractivity contribution is -0.117. The van der Waals surface area contributed by atoms with Crippen molar-refractivity contribution >= 4 is 33.2 Å². The van der Waals surface area contributed by atoms with Crippen molar-refractivity contribution in [1.29, 1.82) is 0 Å². The topological polar surface area (TPSA) is 66.5 Å². The van der Waals surface area contributed by atoms with E-state index in [2.05, 4.69) is 10.2 Å². The molecule has 0 bridgehead atoms. The Morgan fingerprint density at radius 3 is 2.77 bits per heavy atom. The van der Waals surface area contributed by atoms with Crippen molar-refractivity contribution in [2.45, 2.75) is 24.9 Å². The van der Waals surface area contributed by atoms with E-state index in [1.165, 1.54) is 6.08 Å². The number of sulfone groups is 1. The molecule has 3 heterocycles. The first-order valence-corrected chi connectivity index (χ1v) is 10.3. The van der Waals surface area contributed by atoms with Crippen molar-refractivity contribution in [2.24, 2.45) is 0 Å². The monoisotopic (exact) mass is 340 g/mol. The summed E-state index contributed by atoms with van der Waals surface area (Å²) in [6.07, 6.45) is 5.44. The van der Waals surface area contributed by atoms with Gasteiger partial charge in [-0.1, -0.05) is 0 Å². The summed E-state index contributed by atoms with van der Waals surface area (Å²) in [5, 5.41) is 6.78. The predicted molar refractivity (Wildman–Crippen MR) is 88.5 cm³/mol. The van der Waals surface area contributed by atoms with Crippen LogP contribution in [0.5, 0.6) is 0 Å². The zero-order chi connectivity index (χ0) is 15.6. The smallest absolute Gasteiger partial charge is 0.244 e. The van der Waals surface area contributed by atoms with Crippen molar-refractivity contribution < 1.29 is 13.2 Å². The number of rotatable bonds is 4. The maximum absolute atomic E-state index is 12.1. The largest absolute Gasteiger partial charge is 0.347 e. The molecular weight excluding hydrogens is 320 g/mol. The molecule has 1 aromatic heterocycles. The van der Waals surface area contributed by atoms with E-state index < -0.39 is 9.84 Å². The number of carbonyl (C=O) groups excluding carboxylic acids is 1. The first-order chi connectivity index (χ1) is 10.5. The minimum Gasteiger partial charge on any atom is -0.347 e. The molecule has 2 saturated heterocycles.